The molecule has 0 bridgehead atoms. The maximum atomic E-state index is 12.5. The molecule has 0 aliphatic carbocycles. The Bertz CT molecular complexity index is 930. The second kappa shape index (κ2) is 8.26. The van der Waals surface area contributed by atoms with Crippen LogP contribution in [0.3, 0.4) is 0 Å². The number of rotatable bonds is 6. The van der Waals surface area contributed by atoms with E-state index in [-0.39, 0.29) is 17.2 Å². The molecule has 1 atom stereocenters. The van der Waals surface area contributed by atoms with E-state index in [1.54, 1.807) is 44.1 Å². The molecule has 1 aliphatic rings. The van der Waals surface area contributed by atoms with Gasteiger partial charge in [-0.05, 0) is 12.1 Å². The monoisotopic (exact) mass is 407 g/mol. The molecule has 1 aromatic carbocycles. The quantitative estimate of drug-likeness (QED) is 0.582. The van der Waals surface area contributed by atoms with Gasteiger partial charge in [-0.1, -0.05) is 18.7 Å². The average molecular weight is 408 g/mol. The van der Waals surface area contributed by atoms with Crippen LogP contribution >= 0.6 is 23.5 Å². The van der Waals surface area contributed by atoms with Gasteiger partial charge in [0.05, 0.1) is 36.2 Å². The summed E-state index contributed by atoms with van der Waals surface area (Å²) in [7, 11) is 4.78. The van der Waals surface area contributed by atoms with E-state index in [9.17, 15) is 9.59 Å². The molecule has 144 valence electrons. The summed E-state index contributed by atoms with van der Waals surface area (Å²) in [4.78, 5) is 30.1. The first-order valence-electron chi connectivity index (χ1n) is 8.34. The van der Waals surface area contributed by atoms with Crippen molar-refractivity contribution in [1.29, 1.82) is 0 Å². The van der Waals surface area contributed by atoms with Gasteiger partial charge in [-0.2, -0.15) is 0 Å². The van der Waals surface area contributed by atoms with Crippen LogP contribution in [0.25, 0.3) is 0 Å². The van der Waals surface area contributed by atoms with Crippen molar-refractivity contribution in [3.05, 3.63) is 34.2 Å². The largest absolute Gasteiger partial charge is 0.497 e. The Balaban J connectivity index is 1.69. The summed E-state index contributed by atoms with van der Waals surface area (Å²) >= 11 is 2.81. The summed E-state index contributed by atoms with van der Waals surface area (Å²) in [6.45, 7) is 2.08. The van der Waals surface area contributed by atoms with E-state index >= 15 is 0 Å². The van der Waals surface area contributed by atoms with Crippen molar-refractivity contribution in [2.24, 2.45) is 7.05 Å². The van der Waals surface area contributed by atoms with Crippen LogP contribution in [0.15, 0.2) is 33.0 Å². The first kappa shape index (κ1) is 19.6. The number of fused-ring (bicyclic) bond motifs is 1. The number of nitrogens with zero attached hydrogens (tertiary/aromatic N) is 2. The molecule has 0 saturated carbocycles. The van der Waals surface area contributed by atoms with E-state index in [1.807, 2.05) is 0 Å². The average Bonchev–Trinajstić information content (AvgIpc) is 3.04. The van der Waals surface area contributed by atoms with Crippen LogP contribution in [-0.4, -0.2) is 40.7 Å². The standard InChI is InChI=1S/C18H21N3O4S2/c1-10-7-13-16(27-10)17(23)21(2)18(20-13)26-9-15(22)19-12-6-5-11(24-3)8-14(12)25-4/h5-6,8,10H,7,9H2,1-4H3,(H,19,22)/t10-/m1/s1. The smallest absolute Gasteiger partial charge is 0.267 e. The molecule has 9 heteroatoms. The Kier molecular flexibility index (Phi) is 6.01. The minimum absolute atomic E-state index is 0.0471. The van der Waals surface area contributed by atoms with Crippen molar-refractivity contribution in [2.75, 3.05) is 25.3 Å². The van der Waals surface area contributed by atoms with Gasteiger partial charge in [0.2, 0.25) is 5.91 Å². The number of hydrogen-bond donors (Lipinski definition) is 1. The fourth-order valence-electron chi connectivity index (χ4n) is 2.72. The van der Waals surface area contributed by atoms with Crippen molar-refractivity contribution >= 4 is 35.1 Å². The molecular weight excluding hydrogens is 386 g/mol. The predicted octanol–water partition coefficient (Wildman–Crippen LogP) is 2.57. The van der Waals surface area contributed by atoms with Crippen LogP contribution in [0.4, 0.5) is 5.69 Å². The summed E-state index contributed by atoms with van der Waals surface area (Å²) in [5.41, 5.74) is 1.34. The van der Waals surface area contributed by atoms with Gasteiger partial charge in [-0.3, -0.25) is 14.2 Å². The molecule has 1 amide bonds. The van der Waals surface area contributed by atoms with Crippen LogP contribution in [0.2, 0.25) is 0 Å². The lowest BCUT2D eigenvalue weighted by Gasteiger charge is -2.12. The van der Waals surface area contributed by atoms with Crippen LogP contribution in [0.1, 0.15) is 12.6 Å². The first-order chi connectivity index (χ1) is 12.9. The molecule has 1 aromatic heterocycles. The molecule has 27 heavy (non-hydrogen) atoms. The lowest BCUT2D eigenvalue weighted by molar-refractivity contribution is -0.113. The topological polar surface area (TPSA) is 82.5 Å². The molecule has 3 rings (SSSR count). The number of aromatic nitrogens is 2. The van der Waals surface area contributed by atoms with Crippen molar-refractivity contribution < 1.29 is 14.3 Å². The second-order valence-electron chi connectivity index (χ2n) is 6.07. The van der Waals surface area contributed by atoms with Gasteiger partial charge >= 0.3 is 0 Å². The van der Waals surface area contributed by atoms with Gasteiger partial charge in [0, 0.05) is 24.8 Å². The fraction of sp³-hybridized carbons (Fsp3) is 0.389. The summed E-state index contributed by atoms with van der Waals surface area (Å²) in [6, 6.07) is 5.17. The minimum Gasteiger partial charge on any atom is -0.497 e. The molecule has 2 aromatic rings. The van der Waals surface area contributed by atoms with Crippen LogP contribution < -0.4 is 20.3 Å². The highest BCUT2D eigenvalue weighted by atomic mass is 32.2. The zero-order valence-electron chi connectivity index (χ0n) is 15.6. The van der Waals surface area contributed by atoms with E-state index in [1.165, 1.54) is 23.4 Å². The third-order valence-corrected chi connectivity index (χ3v) is 6.34. The molecule has 0 spiro atoms. The fourth-order valence-corrected chi connectivity index (χ4v) is 4.65. The van der Waals surface area contributed by atoms with Gasteiger partial charge in [0.15, 0.2) is 5.16 Å². The van der Waals surface area contributed by atoms with Crippen LogP contribution in [-0.2, 0) is 18.3 Å². The van der Waals surface area contributed by atoms with Gasteiger partial charge < -0.3 is 14.8 Å². The Morgan fingerprint density at radius 1 is 1.41 bits per heavy atom. The molecule has 0 saturated heterocycles. The van der Waals surface area contributed by atoms with E-state index in [4.69, 9.17) is 9.47 Å². The van der Waals surface area contributed by atoms with Crippen LogP contribution in [0.5, 0.6) is 11.5 Å². The maximum Gasteiger partial charge on any atom is 0.267 e. The molecule has 1 N–H and O–H groups in total. The Hall–Kier alpha value is -2.13. The summed E-state index contributed by atoms with van der Waals surface area (Å²) in [6.07, 6.45) is 0.777. The third-order valence-electron chi connectivity index (χ3n) is 4.09. The Labute approximate surface area is 165 Å². The number of amides is 1. The highest BCUT2D eigenvalue weighted by Crippen LogP contribution is 2.34. The predicted molar refractivity (Wildman–Crippen MR) is 107 cm³/mol. The number of anilines is 1. The van der Waals surface area contributed by atoms with Crippen molar-refractivity contribution in [3.8, 4) is 11.5 Å². The molecule has 7 nitrogen and oxygen atoms in total. The summed E-state index contributed by atoms with van der Waals surface area (Å²) < 4.78 is 11.9. The Morgan fingerprint density at radius 2 is 2.19 bits per heavy atom. The Morgan fingerprint density at radius 3 is 2.89 bits per heavy atom. The lowest BCUT2D eigenvalue weighted by Crippen LogP contribution is -2.23. The number of carbonyl (C=O) groups is 1. The number of methoxy groups -OCH3 is 2. The minimum atomic E-state index is -0.207. The number of benzene rings is 1. The summed E-state index contributed by atoms with van der Waals surface area (Å²) in [5, 5.41) is 3.72. The first-order valence-corrected chi connectivity index (χ1v) is 10.2. The zero-order chi connectivity index (χ0) is 19.6. The lowest BCUT2D eigenvalue weighted by atomic mass is 10.2. The second-order valence-corrected chi connectivity index (χ2v) is 8.46. The maximum absolute atomic E-state index is 12.5. The van der Waals surface area contributed by atoms with Gasteiger partial charge in [-0.25, -0.2) is 4.98 Å². The number of nitrogens with one attached hydrogen (secondary N) is 1. The third kappa shape index (κ3) is 4.24. The molecule has 1 aliphatic heterocycles. The SMILES string of the molecule is COc1ccc(NC(=O)CSc2nc3c(c(=O)n2C)S[C@H](C)C3)c(OC)c1. The number of ether oxygens (including phenoxy) is 2. The number of hydrogen-bond acceptors (Lipinski definition) is 7. The van der Waals surface area contributed by atoms with E-state index in [2.05, 4.69) is 17.2 Å². The summed E-state index contributed by atoms with van der Waals surface area (Å²) in [5.74, 6) is 1.09. The van der Waals surface area contributed by atoms with Crippen molar-refractivity contribution in [1.82, 2.24) is 9.55 Å². The molecule has 0 unspecified atom stereocenters. The van der Waals surface area contributed by atoms with Gasteiger partial charge in [-0.15, -0.1) is 11.8 Å². The van der Waals surface area contributed by atoms with E-state index in [0.717, 1.165) is 17.0 Å². The molecule has 2 heterocycles. The van der Waals surface area contributed by atoms with Crippen molar-refractivity contribution in [2.45, 2.75) is 28.6 Å². The van der Waals surface area contributed by atoms with Crippen LogP contribution in [0, 0.1) is 0 Å². The highest BCUT2D eigenvalue weighted by Gasteiger charge is 2.25. The molecule has 0 radical (unpaired) electrons. The zero-order valence-corrected chi connectivity index (χ0v) is 17.2. The molecule has 0 fully saturated rings. The highest BCUT2D eigenvalue weighted by molar-refractivity contribution is 8.00. The van der Waals surface area contributed by atoms with Gasteiger partial charge in [0.1, 0.15) is 11.5 Å². The van der Waals surface area contributed by atoms with E-state index < -0.39 is 0 Å². The molecular formula is C18H21N3O4S2. The van der Waals surface area contributed by atoms with Crippen molar-refractivity contribution in [3.63, 3.8) is 0 Å². The number of carbonyl (C=O) groups excluding carboxylic acids is 1. The number of thioether (sulfide) groups is 2. The van der Waals surface area contributed by atoms with E-state index in [0.29, 0.717) is 27.6 Å². The normalized spacial score (nSPS) is 15.3. The van der Waals surface area contributed by atoms with Gasteiger partial charge in [0.25, 0.3) is 5.56 Å².